The number of carbonyl (C=O) groups is 1. The van der Waals surface area contributed by atoms with Crippen molar-refractivity contribution in [1.82, 2.24) is 0 Å². The fourth-order valence-electron chi connectivity index (χ4n) is 1.44. The second-order valence-electron chi connectivity index (χ2n) is 5.04. The smallest absolute Gasteiger partial charge is 0.419 e. The van der Waals surface area contributed by atoms with E-state index in [-0.39, 0.29) is 12.2 Å². The summed E-state index contributed by atoms with van der Waals surface area (Å²) < 4.78 is 60.7. The van der Waals surface area contributed by atoms with Crippen molar-refractivity contribution in [2.24, 2.45) is 0 Å². The van der Waals surface area contributed by atoms with Crippen molar-refractivity contribution in [2.45, 2.75) is 32.0 Å². The zero-order chi connectivity index (χ0) is 16.3. The average molecular weight is 308 g/mol. The molecule has 0 fully saturated rings. The molecule has 7 heteroatoms. The minimum absolute atomic E-state index is 0.0155. The monoisotopic (exact) mass is 308 g/mol. The minimum atomic E-state index is -4.86. The first-order valence-electron chi connectivity index (χ1n) is 6.16. The van der Waals surface area contributed by atoms with Crippen molar-refractivity contribution in [3.63, 3.8) is 0 Å². The molecule has 1 rings (SSSR count). The Hall–Kier alpha value is -1.63. The Morgan fingerprint density at radius 3 is 2.38 bits per heavy atom. The van der Waals surface area contributed by atoms with E-state index in [2.05, 4.69) is 0 Å². The lowest BCUT2D eigenvalue weighted by Crippen LogP contribution is -2.25. The van der Waals surface area contributed by atoms with Crippen molar-refractivity contribution in [2.75, 3.05) is 13.7 Å². The minimum Gasteiger partial charge on any atom is -0.462 e. The highest BCUT2D eigenvalue weighted by Gasteiger charge is 2.34. The van der Waals surface area contributed by atoms with Gasteiger partial charge in [-0.25, -0.2) is 9.18 Å². The fourth-order valence-corrected chi connectivity index (χ4v) is 1.44. The van der Waals surface area contributed by atoms with Gasteiger partial charge < -0.3 is 9.47 Å². The van der Waals surface area contributed by atoms with E-state index in [0.717, 1.165) is 6.07 Å². The van der Waals surface area contributed by atoms with Crippen LogP contribution in [0, 0.1) is 5.82 Å². The number of rotatable bonds is 5. The third-order valence-corrected chi connectivity index (χ3v) is 3.00. The van der Waals surface area contributed by atoms with Crippen molar-refractivity contribution in [3.05, 3.63) is 35.1 Å². The molecule has 0 saturated heterocycles. The number of alkyl halides is 3. The van der Waals surface area contributed by atoms with E-state index in [9.17, 15) is 22.4 Å². The average Bonchev–Trinajstić information content (AvgIpc) is 2.37. The summed E-state index contributed by atoms with van der Waals surface area (Å²) in [4.78, 5) is 11.7. The Labute approximate surface area is 119 Å². The van der Waals surface area contributed by atoms with Crippen LogP contribution in [-0.4, -0.2) is 25.3 Å². The SMILES string of the molecule is COC(C)(C)CCOC(=O)c1ccc(F)c(C(F)(F)F)c1. The normalized spacial score (nSPS) is 12.3. The van der Waals surface area contributed by atoms with Crippen LogP contribution in [0.25, 0.3) is 0 Å². The second kappa shape index (κ2) is 6.43. The molecule has 0 aliphatic carbocycles. The van der Waals surface area contributed by atoms with Crippen LogP contribution in [0.5, 0.6) is 0 Å². The summed E-state index contributed by atoms with van der Waals surface area (Å²) in [6.45, 7) is 3.54. The molecule has 0 aromatic heterocycles. The summed E-state index contributed by atoms with van der Waals surface area (Å²) in [6, 6.07) is 1.99. The van der Waals surface area contributed by atoms with Crippen LogP contribution in [-0.2, 0) is 15.7 Å². The molecule has 1 aromatic carbocycles. The maximum absolute atomic E-state index is 13.1. The highest BCUT2D eigenvalue weighted by atomic mass is 19.4. The highest BCUT2D eigenvalue weighted by Crippen LogP contribution is 2.32. The molecule has 21 heavy (non-hydrogen) atoms. The first-order chi connectivity index (χ1) is 9.57. The largest absolute Gasteiger partial charge is 0.462 e. The molecule has 0 saturated carbocycles. The molecule has 0 aliphatic rings. The summed E-state index contributed by atoms with van der Waals surface area (Å²) in [6.07, 6.45) is -4.49. The van der Waals surface area contributed by atoms with Crippen LogP contribution in [0.4, 0.5) is 17.6 Å². The third-order valence-electron chi connectivity index (χ3n) is 3.00. The molecule has 0 bridgehead atoms. The lowest BCUT2D eigenvalue weighted by molar-refractivity contribution is -0.140. The third kappa shape index (κ3) is 5.00. The van der Waals surface area contributed by atoms with E-state index in [1.165, 1.54) is 7.11 Å². The summed E-state index contributed by atoms with van der Waals surface area (Å²) >= 11 is 0. The van der Waals surface area contributed by atoms with Gasteiger partial charge in [0.25, 0.3) is 0 Å². The molecule has 0 atom stereocenters. The summed E-state index contributed by atoms with van der Waals surface area (Å²) in [5.41, 5.74) is -2.35. The van der Waals surface area contributed by atoms with Gasteiger partial charge in [-0.3, -0.25) is 0 Å². The standard InChI is InChI=1S/C14H16F4O3/c1-13(2,20-3)6-7-21-12(19)9-4-5-11(15)10(8-9)14(16,17)18/h4-5,8H,6-7H2,1-3H3. The van der Waals surface area contributed by atoms with Gasteiger partial charge in [-0.2, -0.15) is 13.2 Å². The number of hydrogen-bond donors (Lipinski definition) is 0. The summed E-state index contributed by atoms with van der Waals surface area (Å²) in [5, 5.41) is 0. The van der Waals surface area contributed by atoms with Crippen molar-refractivity contribution >= 4 is 5.97 Å². The van der Waals surface area contributed by atoms with Crippen LogP contribution in [0.15, 0.2) is 18.2 Å². The summed E-state index contributed by atoms with van der Waals surface area (Å²) in [5.74, 6) is -2.37. The highest BCUT2D eigenvalue weighted by molar-refractivity contribution is 5.89. The zero-order valence-electron chi connectivity index (χ0n) is 11.9. The number of hydrogen-bond acceptors (Lipinski definition) is 3. The van der Waals surface area contributed by atoms with Gasteiger partial charge in [-0.15, -0.1) is 0 Å². The lowest BCUT2D eigenvalue weighted by atomic mass is 10.1. The molecule has 0 N–H and O–H groups in total. The van der Waals surface area contributed by atoms with Gasteiger partial charge in [0.05, 0.1) is 23.3 Å². The van der Waals surface area contributed by atoms with Crippen LogP contribution >= 0.6 is 0 Å². The van der Waals surface area contributed by atoms with Gasteiger partial charge >= 0.3 is 12.1 Å². The summed E-state index contributed by atoms with van der Waals surface area (Å²) in [7, 11) is 1.50. The Kier molecular flexibility index (Phi) is 5.33. The van der Waals surface area contributed by atoms with E-state index < -0.39 is 29.1 Å². The number of ether oxygens (including phenoxy) is 2. The number of esters is 1. The molecule has 0 unspecified atom stereocenters. The van der Waals surface area contributed by atoms with Gasteiger partial charge in [0.1, 0.15) is 5.82 Å². The topological polar surface area (TPSA) is 35.5 Å². The van der Waals surface area contributed by atoms with Crippen LogP contribution in [0.2, 0.25) is 0 Å². The molecule has 0 radical (unpaired) electrons. The van der Waals surface area contributed by atoms with Crippen molar-refractivity contribution in [1.29, 1.82) is 0 Å². The van der Waals surface area contributed by atoms with Gasteiger partial charge in [0.15, 0.2) is 0 Å². The maximum Gasteiger partial charge on any atom is 0.419 e. The number of benzene rings is 1. The number of carbonyl (C=O) groups excluding carboxylic acids is 1. The van der Waals surface area contributed by atoms with E-state index in [4.69, 9.17) is 9.47 Å². The molecule has 0 amide bonds. The first-order valence-corrected chi connectivity index (χ1v) is 6.16. The predicted octanol–water partition coefficient (Wildman–Crippen LogP) is 3.82. The van der Waals surface area contributed by atoms with Crippen LogP contribution in [0.3, 0.4) is 0 Å². The van der Waals surface area contributed by atoms with Gasteiger partial charge in [0, 0.05) is 13.5 Å². The van der Waals surface area contributed by atoms with Gasteiger partial charge in [-0.05, 0) is 32.0 Å². The zero-order valence-corrected chi connectivity index (χ0v) is 11.9. The molecule has 0 heterocycles. The Morgan fingerprint density at radius 1 is 1.24 bits per heavy atom. The fraction of sp³-hybridized carbons (Fsp3) is 0.500. The van der Waals surface area contributed by atoms with Gasteiger partial charge in [-0.1, -0.05) is 0 Å². The van der Waals surface area contributed by atoms with E-state index in [0.29, 0.717) is 18.6 Å². The van der Waals surface area contributed by atoms with Crippen molar-refractivity contribution in [3.8, 4) is 0 Å². The molecule has 0 aliphatic heterocycles. The maximum atomic E-state index is 13.1. The van der Waals surface area contributed by atoms with Gasteiger partial charge in [0.2, 0.25) is 0 Å². The van der Waals surface area contributed by atoms with E-state index in [1.807, 2.05) is 0 Å². The predicted molar refractivity (Wildman–Crippen MR) is 67.4 cm³/mol. The molecular formula is C14H16F4O3. The van der Waals surface area contributed by atoms with E-state index in [1.54, 1.807) is 13.8 Å². The molecule has 3 nitrogen and oxygen atoms in total. The number of methoxy groups -OCH3 is 1. The van der Waals surface area contributed by atoms with Crippen LogP contribution < -0.4 is 0 Å². The molecular weight excluding hydrogens is 292 g/mol. The Morgan fingerprint density at radius 2 is 1.86 bits per heavy atom. The quantitative estimate of drug-likeness (QED) is 0.613. The Bertz CT molecular complexity index is 509. The second-order valence-corrected chi connectivity index (χ2v) is 5.04. The molecule has 1 aromatic rings. The first kappa shape index (κ1) is 17.4. The van der Waals surface area contributed by atoms with Crippen molar-refractivity contribution < 1.29 is 31.8 Å². The van der Waals surface area contributed by atoms with E-state index >= 15 is 0 Å². The Balaban J connectivity index is 2.76. The lowest BCUT2D eigenvalue weighted by Gasteiger charge is -2.22. The molecule has 0 spiro atoms. The van der Waals surface area contributed by atoms with Crippen LogP contribution in [0.1, 0.15) is 36.2 Å². The molecule has 118 valence electrons. The number of halogens is 4.